The number of ether oxygens (including phenoxy) is 1. The van der Waals surface area contributed by atoms with Crippen LogP contribution in [0, 0.1) is 23.7 Å². The molecular weight excluding hydrogens is 702 g/mol. The van der Waals surface area contributed by atoms with Crippen LogP contribution in [0.4, 0.5) is 0 Å². The molecule has 1 aromatic carbocycles. The zero-order chi connectivity index (χ0) is 41.0. The third kappa shape index (κ3) is 13.3. The Labute approximate surface area is 327 Å². The van der Waals surface area contributed by atoms with Gasteiger partial charge in [-0.2, -0.15) is 0 Å². The quantitative estimate of drug-likeness (QED) is 0.102. The fourth-order valence-electron chi connectivity index (χ4n) is 7.73. The molecule has 308 valence electrons. The minimum atomic E-state index is -1.50. The molecule has 1 saturated heterocycles. The summed E-state index contributed by atoms with van der Waals surface area (Å²) in [5.41, 5.74) is 0.304. The zero-order valence-electron chi connectivity index (χ0n) is 34.5. The number of likely N-dealkylation sites (tertiary alicyclic amines) is 1. The Kier molecular flexibility index (Phi) is 17.2. The number of nitrogens with one attached hydrogen (secondary N) is 4. The lowest BCUT2D eigenvalue weighted by atomic mass is 9.92. The summed E-state index contributed by atoms with van der Waals surface area (Å²) in [4.78, 5) is 82.0. The summed E-state index contributed by atoms with van der Waals surface area (Å²) in [5.74, 6) is -3.13. The minimum absolute atomic E-state index is 0.0863. The largest absolute Gasteiger partial charge is 0.460 e. The molecule has 1 aromatic rings. The summed E-state index contributed by atoms with van der Waals surface area (Å²) in [6.45, 7) is 16.8. The van der Waals surface area contributed by atoms with Crippen LogP contribution in [-0.4, -0.2) is 87.9 Å². The normalized spacial score (nSPS) is 20.9. The van der Waals surface area contributed by atoms with Gasteiger partial charge in [-0.3, -0.25) is 28.8 Å². The lowest BCUT2D eigenvalue weighted by Crippen LogP contribution is -2.60. The SMILES string of the molecule is CCCC(NC(=O)[C@@H]1[C@H]2CCC[C@H]2CN1C(=O)[C@@H](NC(=O)[C@@H](NC(=O)CCCCC(=O)OC(C)(C)C)C(C)C)C(C)C)C(O)C(=O)N[C@@H](C)c1ccccc1. The number of nitrogens with zero attached hydrogens (tertiary/aromatic N) is 1. The van der Waals surface area contributed by atoms with Gasteiger partial charge in [-0.25, -0.2) is 0 Å². The van der Waals surface area contributed by atoms with E-state index in [0.717, 1.165) is 24.8 Å². The van der Waals surface area contributed by atoms with Crippen LogP contribution in [0.3, 0.4) is 0 Å². The number of amides is 5. The molecule has 55 heavy (non-hydrogen) atoms. The van der Waals surface area contributed by atoms with E-state index in [1.807, 2.05) is 71.9 Å². The number of carbonyl (C=O) groups excluding carboxylic acids is 6. The molecule has 1 aliphatic carbocycles. The van der Waals surface area contributed by atoms with Gasteiger partial charge in [0, 0.05) is 19.4 Å². The molecule has 0 aromatic heterocycles. The maximum absolute atomic E-state index is 14.4. The van der Waals surface area contributed by atoms with Crippen molar-refractivity contribution < 1.29 is 38.6 Å². The Morgan fingerprint density at radius 1 is 0.836 bits per heavy atom. The Morgan fingerprint density at radius 2 is 1.47 bits per heavy atom. The van der Waals surface area contributed by atoms with Crippen LogP contribution in [0.2, 0.25) is 0 Å². The third-order valence-electron chi connectivity index (χ3n) is 10.6. The van der Waals surface area contributed by atoms with E-state index in [1.165, 1.54) is 0 Å². The Balaban J connectivity index is 1.69. The van der Waals surface area contributed by atoms with Crippen molar-refractivity contribution in [1.82, 2.24) is 26.2 Å². The highest BCUT2D eigenvalue weighted by Crippen LogP contribution is 2.43. The number of unbranched alkanes of at least 4 members (excludes halogenated alkanes) is 1. The van der Waals surface area contributed by atoms with E-state index in [9.17, 15) is 33.9 Å². The average Bonchev–Trinajstić information content (AvgIpc) is 3.72. The fourth-order valence-corrected chi connectivity index (χ4v) is 7.73. The number of rotatable bonds is 19. The van der Waals surface area contributed by atoms with Crippen LogP contribution in [0.25, 0.3) is 0 Å². The molecule has 13 nitrogen and oxygen atoms in total. The Bertz CT molecular complexity index is 1460. The minimum Gasteiger partial charge on any atom is -0.460 e. The highest BCUT2D eigenvalue weighted by Gasteiger charge is 2.51. The molecule has 8 atom stereocenters. The summed E-state index contributed by atoms with van der Waals surface area (Å²) in [6.07, 6.45) is 3.25. The van der Waals surface area contributed by atoms with Crippen LogP contribution in [0.15, 0.2) is 30.3 Å². The van der Waals surface area contributed by atoms with Crippen molar-refractivity contribution in [3.05, 3.63) is 35.9 Å². The van der Waals surface area contributed by atoms with Gasteiger partial charge in [0.05, 0.1) is 12.1 Å². The molecule has 1 heterocycles. The number of esters is 1. The third-order valence-corrected chi connectivity index (χ3v) is 10.6. The summed E-state index contributed by atoms with van der Waals surface area (Å²) < 4.78 is 5.32. The van der Waals surface area contributed by atoms with Gasteiger partial charge in [-0.05, 0) is 89.0 Å². The van der Waals surface area contributed by atoms with Gasteiger partial charge in [0.2, 0.25) is 23.6 Å². The molecular formula is C42H67N5O8. The second-order valence-electron chi connectivity index (χ2n) is 17.1. The maximum Gasteiger partial charge on any atom is 0.306 e. The topological polar surface area (TPSA) is 183 Å². The van der Waals surface area contributed by atoms with Crippen molar-refractivity contribution in [1.29, 1.82) is 0 Å². The van der Waals surface area contributed by atoms with E-state index in [1.54, 1.807) is 25.7 Å². The van der Waals surface area contributed by atoms with Gasteiger partial charge in [0.25, 0.3) is 5.91 Å². The second-order valence-corrected chi connectivity index (χ2v) is 17.1. The van der Waals surface area contributed by atoms with E-state index < -0.39 is 53.6 Å². The molecule has 5 amide bonds. The van der Waals surface area contributed by atoms with Crippen molar-refractivity contribution in [2.45, 2.75) is 162 Å². The first-order chi connectivity index (χ1) is 25.8. The summed E-state index contributed by atoms with van der Waals surface area (Å²) >= 11 is 0. The molecule has 13 heteroatoms. The van der Waals surface area contributed by atoms with Gasteiger partial charge in [0.1, 0.15) is 23.7 Å². The number of hydrogen-bond acceptors (Lipinski definition) is 8. The van der Waals surface area contributed by atoms with Crippen LogP contribution in [-0.2, 0) is 33.5 Å². The molecule has 1 saturated carbocycles. The van der Waals surface area contributed by atoms with Gasteiger partial charge in [-0.1, -0.05) is 77.8 Å². The number of benzene rings is 1. The fraction of sp³-hybridized carbons (Fsp3) is 0.714. The van der Waals surface area contributed by atoms with E-state index in [0.29, 0.717) is 32.2 Å². The standard InChI is InChI=1S/C42H67N5O8/c1-10-17-31(37(50)40(53)43-27(6)28-18-12-11-13-19-28)44-39(52)36-30-21-16-20-29(30)24-47(36)41(54)35(26(4)5)46-38(51)34(25(2)3)45-32(48)22-14-15-23-33(49)55-42(7,8)9/h11-13,18-19,25-27,29-31,34-37,50H,10,14-17,20-24H2,1-9H3,(H,43,53)(H,44,52)(H,45,48)(H,46,51)/t27-,29-,30-,31?,34-,35-,36-,37?/m0/s1. The Morgan fingerprint density at radius 3 is 2.07 bits per heavy atom. The van der Waals surface area contributed by atoms with Gasteiger partial charge >= 0.3 is 5.97 Å². The van der Waals surface area contributed by atoms with Gasteiger partial charge < -0.3 is 36.0 Å². The Hall–Kier alpha value is -4.00. The molecule has 0 radical (unpaired) electrons. The van der Waals surface area contributed by atoms with Crippen molar-refractivity contribution in [2.24, 2.45) is 23.7 Å². The van der Waals surface area contributed by atoms with Crippen molar-refractivity contribution in [3.63, 3.8) is 0 Å². The van der Waals surface area contributed by atoms with Crippen LogP contribution >= 0.6 is 0 Å². The van der Waals surface area contributed by atoms with Crippen LogP contribution in [0.1, 0.15) is 132 Å². The van der Waals surface area contributed by atoms with Crippen LogP contribution < -0.4 is 21.3 Å². The highest BCUT2D eigenvalue weighted by molar-refractivity contribution is 5.95. The molecule has 2 fully saturated rings. The number of aliphatic hydroxyl groups is 1. The molecule has 0 spiro atoms. The van der Waals surface area contributed by atoms with Crippen molar-refractivity contribution in [2.75, 3.05) is 6.54 Å². The smallest absolute Gasteiger partial charge is 0.306 e. The second kappa shape index (κ2) is 20.8. The van der Waals surface area contributed by atoms with E-state index in [4.69, 9.17) is 4.74 Å². The molecule has 2 unspecified atom stereocenters. The summed E-state index contributed by atoms with van der Waals surface area (Å²) in [6, 6.07) is 5.48. The molecule has 1 aliphatic heterocycles. The van der Waals surface area contributed by atoms with E-state index >= 15 is 0 Å². The first-order valence-electron chi connectivity index (χ1n) is 20.3. The molecule has 2 aliphatic rings. The summed E-state index contributed by atoms with van der Waals surface area (Å²) in [7, 11) is 0. The molecule has 0 bridgehead atoms. The zero-order valence-corrected chi connectivity index (χ0v) is 34.5. The number of hydrogen-bond donors (Lipinski definition) is 5. The number of carbonyl (C=O) groups is 6. The van der Waals surface area contributed by atoms with Crippen LogP contribution in [0.5, 0.6) is 0 Å². The van der Waals surface area contributed by atoms with E-state index in [2.05, 4.69) is 21.3 Å². The molecule has 5 N–H and O–H groups in total. The van der Waals surface area contributed by atoms with Gasteiger partial charge in [0.15, 0.2) is 6.10 Å². The highest BCUT2D eigenvalue weighted by atomic mass is 16.6. The van der Waals surface area contributed by atoms with Gasteiger partial charge in [-0.15, -0.1) is 0 Å². The predicted molar refractivity (Wildman–Crippen MR) is 210 cm³/mol. The number of fused-ring (bicyclic) bond motifs is 1. The predicted octanol–water partition coefficient (Wildman–Crippen LogP) is 4.32. The first kappa shape index (κ1) is 45.4. The van der Waals surface area contributed by atoms with E-state index in [-0.39, 0.29) is 60.3 Å². The van der Waals surface area contributed by atoms with Crippen molar-refractivity contribution >= 4 is 35.5 Å². The molecule has 3 rings (SSSR count). The van der Waals surface area contributed by atoms with Crippen molar-refractivity contribution in [3.8, 4) is 0 Å². The first-order valence-corrected chi connectivity index (χ1v) is 20.3. The average molecular weight is 770 g/mol. The maximum atomic E-state index is 14.4. The number of aliphatic hydroxyl groups excluding tert-OH is 1. The monoisotopic (exact) mass is 769 g/mol. The lowest BCUT2D eigenvalue weighted by molar-refractivity contribution is -0.155. The summed E-state index contributed by atoms with van der Waals surface area (Å²) in [5, 5.41) is 22.7. The lowest BCUT2D eigenvalue weighted by Gasteiger charge is -2.34.